The van der Waals surface area contributed by atoms with Gasteiger partial charge in [-0.2, -0.15) is 0 Å². The Balaban J connectivity index is 0.00000312. The zero-order valence-electron chi connectivity index (χ0n) is 14.5. The average molecular weight is 365 g/mol. The van der Waals surface area contributed by atoms with Crippen LogP contribution in [0.3, 0.4) is 0 Å². The van der Waals surface area contributed by atoms with Crippen LogP contribution < -0.4 is 5.73 Å². The van der Waals surface area contributed by atoms with Gasteiger partial charge in [0.25, 0.3) is 0 Å². The van der Waals surface area contributed by atoms with E-state index in [1.165, 1.54) is 11.6 Å². The highest BCUT2D eigenvalue weighted by Crippen LogP contribution is 2.15. The van der Waals surface area contributed by atoms with Crippen molar-refractivity contribution in [2.75, 3.05) is 19.6 Å². The van der Waals surface area contributed by atoms with E-state index in [4.69, 9.17) is 5.73 Å². The van der Waals surface area contributed by atoms with E-state index in [0.717, 1.165) is 6.42 Å². The molecule has 2 aromatic rings. The predicted octanol–water partition coefficient (Wildman–Crippen LogP) is 3.46. The molecule has 0 bridgehead atoms. The fourth-order valence-corrected chi connectivity index (χ4v) is 2.79. The van der Waals surface area contributed by atoms with Crippen molar-refractivity contribution < 1.29 is 9.18 Å². The number of nitrogens with zero attached hydrogens (tertiary/aromatic N) is 1. The van der Waals surface area contributed by atoms with E-state index in [-0.39, 0.29) is 30.0 Å². The molecule has 2 rings (SSSR count). The summed E-state index contributed by atoms with van der Waals surface area (Å²) in [5.41, 5.74) is 7.43. The maximum Gasteiger partial charge on any atom is 0.225 e. The van der Waals surface area contributed by atoms with Gasteiger partial charge < -0.3 is 10.6 Å². The molecule has 0 heterocycles. The van der Waals surface area contributed by atoms with Crippen molar-refractivity contribution in [3.05, 3.63) is 71.5 Å². The van der Waals surface area contributed by atoms with Crippen molar-refractivity contribution in [3.8, 4) is 0 Å². The molecule has 136 valence electrons. The summed E-state index contributed by atoms with van der Waals surface area (Å²) >= 11 is 0. The van der Waals surface area contributed by atoms with Gasteiger partial charge in [0.1, 0.15) is 5.82 Å². The SMILES string of the molecule is CC(Cc1ccccc1F)C(=O)N(CCN)CCc1ccccc1.Cl. The lowest BCUT2D eigenvalue weighted by molar-refractivity contribution is -0.134. The first-order chi connectivity index (χ1) is 11.6. The second kappa shape index (κ2) is 10.9. The molecular weight excluding hydrogens is 339 g/mol. The number of hydrogen-bond donors (Lipinski definition) is 1. The van der Waals surface area contributed by atoms with Crippen LogP contribution in [-0.2, 0) is 17.6 Å². The maximum absolute atomic E-state index is 13.8. The molecule has 1 atom stereocenters. The number of amides is 1. The van der Waals surface area contributed by atoms with Gasteiger partial charge in [0.15, 0.2) is 0 Å². The zero-order chi connectivity index (χ0) is 17.4. The molecule has 25 heavy (non-hydrogen) atoms. The van der Waals surface area contributed by atoms with E-state index < -0.39 is 0 Å². The molecule has 0 aromatic heterocycles. The molecule has 1 amide bonds. The quantitative estimate of drug-likeness (QED) is 0.779. The summed E-state index contributed by atoms with van der Waals surface area (Å²) < 4.78 is 13.8. The lowest BCUT2D eigenvalue weighted by atomic mass is 9.99. The molecule has 0 saturated carbocycles. The first-order valence-corrected chi connectivity index (χ1v) is 8.38. The highest BCUT2D eigenvalue weighted by molar-refractivity contribution is 5.85. The fraction of sp³-hybridized carbons (Fsp3) is 0.350. The molecule has 0 spiro atoms. The highest BCUT2D eigenvalue weighted by Gasteiger charge is 2.21. The predicted molar refractivity (Wildman–Crippen MR) is 102 cm³/mol. The third-order valence-corrected chi connectivity index (χ3v) is 4.13. The molecule has 0 aliphatic heterocycles. The number of carbonyl (C=O) groups is 1. The van der Waals surface area contributed by atoms with Crippen LogP contribution in [0.1, 0.15) is 18.1 Å². The van der Waals surface area contributed by atoms with Crippen molar-refractivity contribution in [1.29, 1.82) is 0 Å². The van der Waals surface area contributed by atoms with Crippen molar-refractivity contribution in [1.82, 2.24) is 4.90 Å². The summed E-state index contributed by atoms with van der Waals surface area (Å²) in [4.78, 5) is 14.5. The Labute approximate surface area is 155 Å². The van der Waals surface area contributed by atoms with Crippen LogP contribution in [0.15, 0.2) is 54.6 Å². The summed E-state index contributed by atoms with van der Waals surface area (Å²) in [5.74, 6) is -0.504. The highest BCUT2D eigenvalue weighted by atomic mass is 35.5. The van der Waals surface area contributed by atoms with Gasteiger partial charge in [-0.3, -0.25) is 4.79 Å². The minimum absolute atomic E-state index is 0. The fourth-order valence-electron chi connectivity index (χ4n) is 2.79. The minimum Gasteiger partial charge on any atom is -0.341 e. The average Bonchev–Trinajstić information content (AvgIpc) is 2.61. The summed E-state index contributed by atoms with van der Waals surface area (Å²) in [7, 11) is 0. The first-order valence-electron chi connectivity index (χ1n) is 8.38. The van der Waals surface area contributed by atoms with Crippen LogP contribution in [0, 0.1) is 11.7 Å². The van der Waals surface area contributed by atoms with Gasteiger partial charge in [0.2, 0.25) is 5.91 Å². The molecule has 0 radical (unpaired) electrons. The standard InChI is InChI=1S/C20H25FN2O.ClH/c1-16(15-18-9-5-6-10-19(18)21)20(24)23(14-12-22)13-11-17-7-3-2-4-8-17;/h2-10,16H,11-15,22H2,1H3;1H. The Hall–Kier alpha value is -1.91. The molecule has 1 unspecified atom stereocenters. The number of carbonyl (C=O) groups excluding carboxylic acids is 1. The summed E-state index contributed by atoms with van der Waals surface area (Å²) in [6, 6.07) is 16.7. The summed E-state index contributed by atoms with van der Waals surface area (Å²) in [5, 5.41) is 0. The van der Waals surface area contributed by atoms with Gasteiger partial charge in [-0.25, -0.2) is 4.39 Å². The van der Waals surface area contributed by atoms with E-state index in [2.05, 4.69) is 0 Å². The van der Waals surface area contributed by atoms with E-state index in [1.54, 1.807) is 23.1 Å². The molecule has 2 aromatic carbocycles. The van der Waals surface area contributed by atoms with Crippen molar-refractivity contribution in [3.63, 3.8) is 0 Å². The topological polar surface area (TPSA) is 46.3 Å². The second-order valence-electron chi connectivity index (χ2n) is 6.05. The number of rotatable bonds is 8. The lowest BCUT2D eigenvalue weighted by Gasteiger charge is -2.25. The minimum atomic E-state index is -0.274. The summed E-state index contributed by atoms with van der Waals surface area (Å²) in [6.45, 7) is 3.42. The molecule has 2 N–H and O–H groups in total. The van der Waals surface area contributed by atoms with Gasteiger partial charge in [0, 0.05) is 25.6 Å². The van der Waals surface area contributed by atoms with Gasteiger partial charge in [-0.1, -0.05) is 55.5 Å². The van der Waals surface area contributed by atoms with E-state index in [9.17, 15) is 9.18 Å². The van der Waals surface area contributed by atoms with Crippen molar-refractivity contribution in [2.45, 2.75) is 19.8 Å². The monoisotopic (exact) mass is 364 g/mol. The largest absolute Gasteiger partial charge is 0.341 e. The third kappa shape index (κ3) is 6.48. The van der Waals surface area contributed by atoms with Crippen LogP contribution in [0.2, 0.25) is 0 Å². The van der Waals surface area contributed by atoms with E-state index >= 15 is 0 Å². The Kier molecular flexibility index (Phi) is 9.17. The van der Waals surface area contributed by atoms with Crippen molar-refractivity contribution >= 4 is 18.3 Å². The smallest absolute Gasteiger partial charge is 0.225 e. The maximum atomic E-state index is 13.8. The molecule has 5 heteroatoms. The number of nitrogens with two attached hydrogens (primary N) is 1. The second-order valence-corrected chi connectivity index (χ2v) is 6.05. The lowest BCUT2D eigenvalue weighted by Crippen LogP contribution is -2.40. The Morgan fingerprint density at radius 3 is 2.36 bits per heavy atom. The van der Waals surface area contributed by atoms with E-state index in [0.29, 0.717) is 31.6 Å². The molecule has 0 aliphatic rings. The molecule has 0 fully saturated rings. The zero-order valence-corrected chi connectivity index (χ0v) is 15.3. The van der Waals surface area contributed by atoms with Gasteiger partial charge in [-0.15, -0.1) is 12.4 Å². The van der Waals surface area contributed by atoms with Gasteiger partial charge in [0.05, 0.1) is 0 Å². The van der Waals surface area contributed by atoms with Crippen LogP contribution in [0.25, 0.3) is 0 Å². The number of halogens is 2. The molecule has 0 saturated heterocycles. The normalized spacial score (nSPS) is 11.5. The van der Waals surface area contributed by atoms with E-state index in [1.807, 2.05) is 37.3 Å². The summed E-state index contributed by atoms with van der Waals surface area (Å²) in [6.07, 6.45) is 1.19. The third-order valence-electron chi connectivity index (χ3n) is 4.13. The Morgan fingerprint density at radius 2 is 1.72 bits per heavy atom. The number of benzene rings is 2. The Morgan fingerprint density at radius 1 is 1.08 bits per heavy atom. The molecular formula is C20H26ClFN2O. The molecule has 3 nitrogen and oxygen atoms in total. The van der Waals surface area contributed by atoms with Crippen molar-refractivity contribution in [2.24, 2.45) is 11.7 Å². The number of hydrogen-bond acceptors (Lipinski definition) is 2. The molecule has 0 aliphatic carbocycles. The van der Waals surface area contributed by atoms with Crippen LogP contribution in [0.4, 0.5) is 4.39 Å². The van der Waals surface area contributed by atoms with Gasteiger partial charge in [-0.05, 0) is 30.0 Å². The Bertz CT molecular complexity index is 651. The van der Waals surface area contributed by atoms with Crippen LogP contribution in [-0.4, -0.2) is 30.4 Å². The van der Waals surface area contributed by atoms with Crippen LogP contribution in [0.5, 0.6) is 0 Å². The van der Waals surface area contributed by atoms with Gasteiger partial charge >= 0.3 is 0 Å². The van der Waals surface area contributed by atoms with Crippen LogP contribution >= 0.6 is 12.4 Å². The first kappa shape index (κ1) is 21.1.